The first kappa shape index (κ1) is 20.4. The molecule has 1 aliphatic rings. The predicted octanol–water partition coefficient (Wildman–Crippen LogP) is 3.49. The van der Waals surface area contributed by atoms with Crippen LogP contribution in [0.5, 0.6) is 5.75 Å². The number of rotatable bonds is 5. The third-order valence-corrected chi connectivity index (χ3v) is 5.88. The average molecular weight is 454 g/mol. The van der Waals surface area contributed by atoms with Crippen molar-refractivity contribution < 1.29 is 9.47 Å². The second-order valence-corrected chi connectivity index (χ2v) is 7.99. The van der Waals surface area contributed by atoms with Crippen molar-refractivity contribution in [2.45, 2.75) is 0 Å². The zero-order valence-corrected chi connectivity index (χ0v) is 18.7. The number of methoxy groups -OCH3 is 1. The van der Waals surface area contributed by atoms with Crippen LogP contribution in [0.2, 0.25) is 0 Å². The quantitative estimate of drug-likeness (QED) is 0.403. The monoisotopic (exact) mass is 453 g/mol. The predicted molar refractivity (Wildman–Crippen MR) is 128 cm³/mol. The van der Waals surface area contributed by atoms with Gasteiger partial charge in [0.15, 0.2) is 11.5 Å². The molecule has 34 heavy (non-hydrogen) atoms. The Morgan fingerprint density at radius 3 is 2.62 bits per heavy atom. The number of morpholine rings is 1. The van der Waals surface area contributed by atoms with Crippen molar-refractivity contribution in [3.63, 3.8) is 0 Å². The Morgan fingerprint density at radius 2 is 1.79 bits per heavy atom. The minimum Gasteiger partial charge on any atom is -0.497 e. The van der Waals surface area contributed by atoms with Gasteiger partial charge in [-0.2, -0.15) is 14.7 Å². The molecule has 170 valence electrons. The largest absolute Gasteiger partial charge is 0.497 e. The summed E-state index contributed by atoms with van der Waals surface area (Å²) in [6.07, 6.45) is 5.49. The highest BCUT2D eigenvalue weighted by molar-refractivity contribution is 5.66. The zero-order valence-electron chi connectivity index (χ0n) is 18.7. The minimum absolute atomic E-state index is 0.678. The van der Waals surface area contributed by atoms with E-state index in [1.165, 1.54) is 0 Å². The summed E-state index contributed by atoms with van der Waals surface area (Å²) in [6, 6.07) is 17.8. The number of ether oxygens (including phenoxy) is 2. The fourth-order valence-electron chi connectivity index (χ4n) is 4.12. The molecule has 1 aromatic carbocycles. The number of nitrogens with zero attached hydrogens (tertiary/aromatic N) is 7. The Kier molecular flexibility index (Phi) is 5.15. The fraction of sp³-hybridized carbons (Fsp3) is 0.200. The highest BCUT2D eigenvalue weighted by atomic mass is 16.5. The van der Waals surface area contributed by atoms with Crippen LogP contribution in [0.25, 0.3) is 34.0 Å². The smallest absolute Gasteiger partial charge is 0.160 e. The van der Waals surface area contributed by atoms with Gasteiger partial charge in [-0.1, -0.05) is 12.1 Å². The molecule has 0 bridgehead atoms. The van der Waals surface area contributed by atoms with E-state index in [0.29, 0.717) is 13.2 Å². The molecule has 0 amide bonds. The van der Waals surface area contributed by atoms with Gasteiger partial charge in [-0.25, -0.2) is 9.67 Å². The van der Waals surface area contributed by atoms with Gasteiger partial charge in [0.25, 0.3) is 0 Å². The van der Waals surface area contributed by atoms with E-state index in [1.54, 1.807) is 18.0 Å². The fourth-order valence-corrected chi connectivity index (χ4v) is 4.12. The van der Waals surface area contributed by atoms with E-state index >= 15 is 0 Å². The summed E-state index contributed by atoms with van der Waals surface area (Å²) < 4.78 is 14.6. The summed E-state index contributed by atoms with van der Waals surface area (Å²) in [5.74, 6) is 2.47. The van der Waals surface area contributed by atoms with Crippen molar-refractivity contribution in [3.05, 3.63) is 73.2 Å². The molecule has 0 radical (unpaired) electrons. The molecule has 5 aromatic rings. The summed E-state index contributed by atoms with van der Waals surface area (Å²) in [5.41, 5.74) is 4.34. The van der Waals surface area contributed by atoms with Crippen LogP contribution in [0.15, 0.2) is 73.2 Å². The van der Waals surface area contributed by atoms with Gasteiger partial charge in [-0.05, 0) is 30.3 Å². The molecule has 4 aromatic heterocycles. The average Bonchev–Trinajstić information content (AvgIpc) is 3.57. The number of aromatic nitrogens is 6. The van der Waals surface area contributed by atoms with Crippen molar-refractivity contribution in [2.24, 2.45) is 0 Å². The van der Waals surface area contributed by atoms with Crippen LogP contribution >= 0.6 is 0 Å². The Balaban J connectivity index is 1.45. The van der Waals surface area contributed by atoms with Gasteiger partial charge in [0.05, 0.1) is 31.7 Å². The molecule has 1 fully saturated rings. The summed E-state index contributed by atoms with van der Waals surface area (Å²) >= 11 is 0. The Labute approximate surface area is 196 Å². The summed E-state index contributed by atoms with van der Waals surface area (Å²) in [5, 5.41) is 9.65. The SMILES string of the molecule is COc1cccc(-c2ccn(-c3cc(N4CCOCC4)n4nc(-c5cccnc5)cc4n3)n2)c1. The lowest BCUT2D eigenvalue weighted by Crippen LogP contribution is -2.37. The lowest BCUT2D eigenvalue weighted by molar-refractivity contribution is 0.122. The van der Waals surface area contributed by atoms with E-state index < -0.39 is 0 Å². The van der Waals surface area contributed by atoms with Gasteiger partial charge in [-0.3, -0.25) is 4.98 Å². The Hall–Kier alpha value is -4.24. The highest BCUT2D eigenvalue weighted by Gasteiger charge is 2.19. The maximum absolute atomic E-state index is 5.57. The van der Waals surface area contributed by atoms with E-state index in [1.807, 2.05) is 71.5 Å². The summed E-state index contributed by atoms with van der Waals surface area (Å²) in [7, 11) is 1.66. The van der Waals surface area contributed by atoms with Gasteiger partial charge in [0.2, 0.25) is 0 Å². The van der Waals surface area contributed by atoms with Gasteiger partial charge in [-0.15, -0.1) is 0 Å². The molecule has 6 rings (SSSR count). The number of hydrogen-bond donors (Lipinski definition) is 0. The Morgan fingerprint density at radius 1 is 0.912 bits per heavy atom. The van der Waals surface area contributed by atoms with Crippen LogP contribution in [0.4, 0.5) is 5.82 Å². The molecule has 0 aliphatic carbocycles. The molecule has 0 atom stereocenters. The van der Waals surface area contributed by atoms with Crippen LogP contribution in [0.3, 0.4) is 0 Å². The molecular weight excluding hydrogens is 430 g/mol. The van der Waals surface area contributed by atoms with Crippen LogP contribution in [-0.4, -0.2) is 62.8 Å². The molecule has 0 saturated carbocycles. The van der Waals surface area contributed by atoms with Gasteiger partial charge < -0.3 is 14.4 Å². The van der Waals surface area contributed by atoms with E-state index in [0.717, 1.165) is 58.6 Å². The number of anilines is 1. The first-order valence-electron chi connectivity index (χ1n) is 11.1. The standard InChI is InChI=1S/C25H23N7O2/c1-33-20-6-2-4-18(14-20)21-7-9-31(28-21)23-16-25(30-10-12-34-13-11-30)32-24(27-23)15-22(29-32)19-5-3-8-26-17-19/h2-9,14-17H,10-13H2,1H3. The Bertz CT molecular complexity index is 1440. The van der Waals surface area contributed by atoms with Gasteiger partial charge in [0, 0.05) is 54.9 Å². The minimum atomic E-state index is 0.678. The molecule has 0 unspecified atom stereocenters. The van der Waals surface area contributed by atoms with E-state index in [-0.39, 0.29) is 0 Å². The number of hydrogen-bond acceptors (Lipinski definition) is 7. The van der Waals surface area contributed by atoms with E-state index in [4.69, 9.17) is 24.7 Å². The lowest BCUT2D eigenvalue weighted by Gasteiger charge is -2.29. The van der Waals surface area contributed by atoms with Crippen molar-refractivity contribution >= 4 is 11.5 Å². The zero-order chi connectivity index (χ0) is 22.9. The summed E-state index contributed by atoms with van der Waals surface area (Å²) in [6.45, 7) is 2.93. The highest BCUT2D eigenvalue weighted by Crippen LogP contribution is 2.27. The van der Waals surface area contributed by atoms with Crippen molar-refractivity contribution in [1.82, 2.24) is 29.4 Å². The third kappa shape index (κ3) is 3.75. The maximum atomic E-state index is 5.57. The third-order valence-electron chi connectivity index (χ3n) is 5.88. The first-order chi connectivity index (χ1) is 16.8. The van der Waals surface area contributed by atoms with Crippen molar-refractivity contribution in [3.8, 4) is 34.1 Å². The van der Waals surface area contributed by atoms with Gasteiger partial charge >= 0.3 is 0 Å². The van der Waals surface area contributed by atoms with Gasteiger partial charge in [0.1, 0.15) is 11.6 Å². The van der Waals surface area contributed by atoms with E-state index in [9.17, 15) is 0 Å². The first-order valence-corrected chi connectivity index (χ1v) is 11.1. The summed E-state index contributed by atoms with van der Waals surface area (Å²) in [4.78, 5) is 11.4. The van der Waals surface area contributed by atoms with Crippen LogP contribution in [0.1, 0.15) is 0 Å². The van der Waals surface area contributed by atoms with Crippen molar-refractivity contribution in [2.75, 3.05) is 38.3 Å². The number of pyridine rings is 1. The second-order valence-electron chi connectivity index (χ2n) is 7.99. The maximum Gasteiger partial charge on any atom is 0.160 e. The lowest BCUT2D eigenvalue weighted by atomic mass is 10.1. The van der Waals surface area contributed by atoms with Crippen LogP contribution in [-0.2, 0) is 4.74 Å². The number of fused-ring (bicyclic) bond motifs is 1. The molecule has 1 aliphatic heterocycles. The molecule has 1 saturated heterocycles. The molecule has 9 heteroatoms. The van der Waals surface area contributed by atoms with Crippen LogP contribution < -0.4 is 9.64 Å². The molecule has 0 spiro atoms. The second kappa shape index (κ2) is 8.60. The molecule has 0 N–H and O–H groups in total. The molecule has 5 heterocycles. The normalized spacial score (nSPS) is 14.0. The topological polar surface area (TPSA) is 82.6 Å². The molecule has 9 nitrogen and oxygen atoms in total. The van der Waals surface area contributed by atoms with Crippen molar-refractivity contribution in [1.29, 1.82) is 0 Å². The number of benzene rings is 1. The van der Waals surface area contributed by atoms with Crippen LogP contribution in [0, 0.1) is 0 Å². The molecular formula is C25H23N7O2. The van der Waals surface area contributed by atoms with E-state index in [2.05, 4.69) is 9.88 Å².